The Labute approximate surface area is 164 Å². The number of nitrogens with one attached hydrogen (secondary N) is 3. The number of benzene rings is 1. The first-order valence-electron chi connectivity index (χ1n) is 6.08. The molecule has 0 spiro atoms. The van der Waals surface area contributed by atoms with Crippen LogP contribution in [0.4, 0.5) is 10.5 Å². The summed E-state index contributed by atoms with van der Waals surface area (Å²) in [5.74, 6) is 0. The van der Waals surface area contributed by atoms with Crippen molar-refractivity contribution in [1.82, 2.24) is 15.5 Å². The molecule has 1 aromatic carbocycles. The Hall–Kier alpha value is -0.370. The van der Waals surface area contributed by atoms with E-state index in [1.165, 1.54) is 4.90 Å². The lowest BCUT2D eigenvalue weighted by Gasteiger charge is -2.29. The van der Waals surface area contributed by atoms with Gasteiger partial charge < -0.3 is 20.9 Å². The number of anilines is 1. The molecule has 11 heteroatoms. The molecule has 0 heterocycles. The van der Waals surface area contributed by atoms with E-state index in [0.717, 1.165) is 0 Å². The Morgan fingerprint density at radius 2 is 1.70 bits per heavy atom. The summed E-state index contributed by atoms with van der Waals surface area (Å²) in [6.07, 6.45) is -1.08. The number of hydrogen-bond donors (Lipinski definition) is 3. The van der Waals surface area contributed by atoms with Gasteiger partial charge >= 0.3 is 6.03 Å². The Bertz CT molecular complexity index is 573. The maximum atomic E-state index is 11.7. The summed E-state index contributed by atoms with van der Waals surface area (Å²) >= 11 is 34.8. The lowest BCUT2D eigenvalue weighted by molar-refractivity contribution is 0.212. The van der Waals surface area contributed by atoms with E-state index in [0.29, 0.717) is 15.7 Å². The van der Waals surface area contributed by atoms with Crippen molar-refractivity contribution in [3.8, 4) is 0 Å². The summed E-state index contributed by atoms with van der Waals surface area (Å²) in [4.78, 5) is 13.0. The van der Waals surface area contributed by atoms with E-state index in [-0.39, 0.29) is 5.11 Å². The topological polar surface area (TPSA) is 56.4 Å². The summed E-state index contributed by atoms with van der Waals surface area (Å²) in [6, 6.07) is 4.50. The zero-order chi connectivity index (χ0) is 17.8. The van der Waals surface area contributed by atoms with Crippen molar-refractivity contribution in [2.75, 3.05) is 19.4 Å². The number of amides is 2. The highest BCUT2D eigenvalue weighted by Gasteiger charge is 2.35. The maximum Gasteiger partial charge on any atom is 0.318 e. The van der Waals surface area contributed by atoms with E-state index in [4.69, 9.17) is 70.2 Å². The lowest BCUT2D eigenvalue weighted by Crippen LogP contribution is -2.57. The number of thiocarbonyl (C=S) groups is 1. The predicted molar refractivity (Wildman–Crippen MR) is 102 cm³/mol. The van der Waals surface area contributed by atoms with Crippen molar-refractivity contribution in [3.05, 3.63) is 28.2 Å². The van der Waals surface area contributed by atoms with Crippen molar-refractivity contribution in [2.45, 2.75) is 9.96 Å². The molecule has 0 saturated heterocycles. The number of rotatable bonds is 3. The molecule has 0 bridgehead atoms. The van der Waals surface area contributed by atoms with Gasteiger partial charge in [-0.2, -0.15) is 0 Å². The van der Waals surface area contributed by atoms with Gasteiger partial charge in [0.1, 0.15) is 0 Å². The number of carbonyl (C=O) groups excluding carboxylic acids is 1. The van der Waals surface area contributed by atoms with Gasteiger partial charge in [0.15, 0.2) is 11.3 Å². The van der Waals surface area contributed by atoms with E-state index in [2.05, 4.69) is 16.0 Å². The highest BCUT2D eigenvalue weighted by atomic mass is 35.6. The molecule has 0 aliphatic carbocycles. The quantitative estimate of drug-likeness (QED) is 0.375. The van der Waals surface area contributed by atoms with Crippen molar-refractivity contribution >= 4 is 87.1 Å². The fourth-order valence-corrected chi connectivity index (χ4v) is 2.39. The summed E-state index contributed by atoms with van der Waals surface area (Å²) in [7, 11) is 3.09. The first kappa shape index (κ1) is 20.7. The fourth-order valence-electron chi connectivity index (χ4n) is 1.35. The van der Waals surface area contributed by atoms with Gasteiger partial charge in [-0.3, -0.25) is 0 Å². The molecule has 3 N–H and O–H groups in total. The summed E-state index contributed by atoms with van der Waals surface area (Å²) in [5.41, 5.74) is 0.398. The minimum atomic E-state index is -1.85. The van der Waals surface area contributed by atoms with E-state index in [1.807, 2.05) is 0 Å². The highest BCUT2D eigenvalue weighted by molar-refractivity contribution is 7.80. The van der Waals surface area contributed by atoms with Gasteiger partial charge in [-0.25, -0.2) is 4.79 Å². The predicted octanol–water partition coefficient (Wildman–Crippen LogP) is 4.25. The zero-order valence-electron chi connectivity index (χ0n) is 12.0. The molecule has 0 fully saturated rings. The molecule has 1 aromatic rings. The van der Waals surface area contributed by atoms with Gasteiger partial charge in [0.2, 0.25) is 3.79 Å². The van der Waals surface area contributed by atoms with Crippen LogP contribution in [0.1, 0.15) is 0 Å². The van der Waals surface area contributed by atoms with E-state index in [1.54, 1.807) is 32.3 Å². The van der Waals surface area contributed by atoms with Crippen molar-refractivity contribution in [1.29, 1.82) is 0 Å². The Morgan fingerprint density at radius 1 is 1.17 bits per heavy atom. The first-order valence-corrected chi connectivity index (χ1v) is 8.38. The van der Waals surface area contributed by atoms with Crippen LogP contribution in [0.3, 0.4) is 0 Å². The number of halogens is 5. The molecule has 1 rings (SSSR count). The third kappa shape index (κ3) is 6.57. The molecule has 5 nitrogen and oxygen atoms in total. The average molecular weight is 439 g/mol. The summed E-state index contributed by atoms with van der Waals surface area (Å²) < 4.78 is -1.85. The van der Waals surface area contributed by atoms with Crippen LogP contribution in [0.15, 0.2) is 18.2 Å². The van der Waals surface area contributed by atoms with Crippen LogP contribution in [0.2, 0.25) is 10.0 Å². The maximum absolute atomic E-state index is 11.7. The zero-order valence-corrected chi connectivity index (χ0v) is 16.6. The molecule has 23 heavy (non-hydrogen) atoms. The first-order chi connectivity index (χ1) is 10.5. The molecule has 0 saturated carbocycles. The molecule has 0 aliphatic heterocycles. The molecular weight excluding hydrogens is 425 g/mol. The number of hydrogen-bond acceptors (Lipinski definition) is 2. The number of nitrogens with zero attached hydrogens (tertiary/aromatic N) is 1. The number of carbonyl (C=O) groups is 1. The van der Waals surface area contributed by atoms with Gasteiger partial charge in [0, 0.05) is 14.1 Å². The van der Waals surface area contributed by atoms with Gasteiger partial charge in [-0.15, -0.1) is 0 Å². The van der Waals surface area contributed by atoms with Crippen LogP contribution >= 0.6 is 70.2 Å². The molecule has 128 valence electrons. The second-order valence-electron chi connectivity index (χ2n) is 4.51. The Morgan fingerprint density at radius 3 is 2.13 bits per heavy atom. The van der Waals surface area contributed by atoms with Crippen LogP contribution in [-0.4, -0.2) is 40.1 Å². The molecule has 0 radical (unpaired) electrons. The van der Waals surface area contributed by atoms with Gasteiger partial charge in [-0.1, -0.05) is 64.1 Å². The monoisotopic (exact) mass is 436 g/mol. The van der Waals surface area contributed by atoms with Gasteiger partial charge in [0.25, 0.3) is 0 Å². The van der Waals surface area contributed by atoms with Crippen LogP contribution < -0.4 is 16.0 Å². The Balaban J connectivity index is 2.84. The highest BCUT2D eigenvalue weighted by Crippen LogP contribution is 2.31. The molecule has 0 aliphatic rings. The van der Waals surface area contributed by atoms with E-state index in [9.17, 15) is 4.79 Å². The van der Waals surface area contributed by atoms with Gasteiger partial charge in [0.05, 0.1) is 15.7 Å². The van der Waals surface area contributed by atoms with Crippen molar-refractivity contribution in [3.63, 3.8) is 0 Å². The summed E-state index contributed by atoms with van der Waals surface area (Å²) in [6.45, 7) is 0. The number of urea groups is 1. The third-order valence-corrected chi connectivity index (χ3v) is 3.98. The lowest BCUT2D eigenvalue weighted by atomic mass is 10.3. The molecule has 0 aromatic heterocycles. The smallest absolute Gasteiger partial charge is 0.318 e. The van der Waals surface area contributed by atoms with Gasteiger partial charge in [-0.05, 0) is 24.4 Å². The minimum Gasteiger partial charge on any atom is -0.339 e. The van der Waals surface area contributed by atoms with Crippen LogP contribution in [-0.2, 0) is 0 Å². The van der Waals surface area contributed by atoms with E-state index < -0.39 is 16.0 Å². The second kappa shape index (κ2) is 8.65. The normalized spacial score (nSPS) is 12.3. The molecule has 1 unspecified atom stereocenters. The minimum absolute atomic E-state index is 0.0652. The second-order valence-corrected chi connectivity index (χ2v) is 8.11. The van der Waals surface area contributed by atoms with Crippen LogP contribution in [0.5, 0.6) is 0 Å². The molecule has 1 atom stereocenters. The van der Waals surface area contributed by atoms with Crippen LogP contribution in [0.25, 0.3) is 0 Å². The van der Waals surface area contributed by atoms with Crippen LogP contribution in [0, 0.1) is 0 Å². The van der Waals surface area contributed by atoms with E-state index >= 15 is 0 Å². The van der Waals surface area contributed by atoms with Crippen molar-refractivity contribution in [2.24, 2.45) is 0 Å². The third-order valence-electron chi connectivity index (χ3n) is 2.48. The molecule has 2 amide bonds. The standard InChI is InChI=1S/C12H13Cl5N4OS/c1-21(2)11(22)20-9(12(15,16)17)19-10(23)18-8-6(13)4-3-5-7(8)14/h3-5,9H,1-2H3,(H,20,22)(H2,18,19,23). The van der Waals surface area contributed by atoms with Crippen molar-refractivity contribution < 1.29 is 4.79 Å². The number of alkyl halides is 3. The fraction of sp³-hybridized carbons (Fsp3) is 0.333. The SMILES string of the molecule is CN(C)C(=O)NC(NC(=S)Nc1c(Cl)cccc1Cl)C(Cl)(Cl)Cl. The average Bonchev–Trinajstić information content (AvgIpc) is 2.41. The Kier molecular flexibility index (Phi) is 7.77. The largest absolute Gasteiger partial charge is 0.339 e. The number of para-hydroxylation sites is 1. The molecular formula is C12H13Cl5N4OS. The summed E-state index contributed by atoms with van der Waals surface area (Å²) in [5, 5.41) is 8.78.